The van der Waals surface area contributed by atoms with Crippen LogP contribution in [0.2, 0.25) is 0 Å². The molecule has 1 fully saturated rings. The van der Waals surface area contributed by atoms with Crippen LogP contribution >= 0.6 is 0 Å². The van der Waals surface area contributed by atoms with E-state index in [4.69, 9.17) is 0 Å². The lowest BCUT2D eigenvalue weighted by Gasteiger charge is -2.34. The molecule has 0 aromatic carbocycles. The van der Waals surface area contributed by atoms with Gasteiger partial charge < -0.3 is 14.5 Å². The maximum Gasteiger partial charge on any atom is 0.260 e. The molecule has 0 atom stereocenters. The quantitative estimate of drug-likeness (QED) is 0.883. The number of carbonyl (C=O) groups is 1. The Morgan fingerprint density at radius 3 is 2.70 bits per heavy atom. The number of nitrogens with zero attached hydrogens (tertiary/aromatic N) is 4. The van der Waals surface area contributed by atoms with E-state index in [9.17, 15) is 9.59 Å². The van der Waals surface area contributed by atoms with E-state index in [0.717, 1.165) is 32.0 Å². The summed E-state index contributed by atoms with van der Waals surface area (Å²) in [6.45, 7) is 6.78. The van der Waals surface area contributed by atoms with E-state index in [1.807, 2.05) is 19.3 Å². The molecule has 1 aliphatic rings. The van der Waals surface area contributed by atoms with Gasteiger partial charge in [-0.15, -0.1) is 0 Å². The van der Waals surface area contributed by atoms with Crippen LogP contribution in [0.15, 0.2) is 35.5 Å². The zero-order valence-electron chi connectivity index (χ0n) is 13.2. The molecule has 0 radical (unpaired) electrons. The van der Waals surface area contributed by atoms with Crippen molar-refractivity contribution in [3.8, 4) is 0 Å². The third kappa shape index (κ3) is 3.50. The van der Waals surface area contributed by atoms with Crippen molar-refractivity contribution in [2.45, 2.75) is 13.5 Å². The Kier molecular flexibility index (Phi) is 4.57. The van der Waals surface area contributed by atoms with Gasteiger partial charge in [-0.2, -0.15) is 0 Å². The zero-order valence-corrected chi connectivity index (χ0v) is 13.2. The Bertz CT molecular complexity index is 728. The highest BCUT2D eigenvalue weighted by Gasteiger charge is 2.23. The van der Waals surface area contributed by atoms with E-state index in [2.05, 4.69) is 19.4 Å². The van der Waals surface area contributed by atoms with Crippen molar-refractivity contribution in [3.63, 3.8) is 0 Å². The lowest BCUT2D eigenvalue weighted by Crippen LogP contribution is -2.50. The Morgan fingerprint density at radius 1 is 1.26 bits per heavy atom. The molecule has 1 aliphatic heterocycles. The molecule has 1 N–H and O–H groups in total. The molecule has 0 saturated carbocycles. The van der Waals surface area contributed by atoms with Crippen molar-refractivity contribution in [3.05, 3.63) is 52.5 Å². The van der Waals surface area contributed by atoms with Crippen molar-refractivity contribution in [1.82, 2.24) is 24.3 Å². The normalized spacial score (nSPS) is 15.8. The van der Waals surface area contributed by atoms with Crippen molar-refractivity contribution >= 4 is 5.91 Å². The number of aryl methyl sites for hydroxylation is 1. The number of hydrogen-bond acceptors (Lipinski definition) is 4. The predicted octanol–water partition coefficient (Wildman–Crippen LogP) is 0.338. The maximum atomic E-state index is 12.4. The number of rotatable bonds is 4. The highest BCUT2D eigenvalue weighted by Crippen LogP contribution is 2.06. The molecule has 0 bridgehead atoms. The molecular formula is C16H21N5O2. The third-order valence-corrected chi connectivity index (χ3v) is 4.29. The van der Waals surface area contributed by atoms with Gasteiger partial charge in [0, 0.05) is 57.9 Å². The van der Waals surface area contributed by atoms with E-state index in [0.29, 0.717) is 13.1 Å². The smallest absolute Gasteiger partial charge is 0.260 e. The number of pyridine rings is 1. The van der Waals surface area contributed by atoms with Crippen LogP contribution in [-0.4, -0.2) is 63.0 Å². The number of piperazine rings is 1. The summed E-state index contributed by atoms with van der Waals surface area (Å²) in [5.41, 5.74) is -0.106. The molecule has 122 valence electrons. The molecular weight excluding hydrogens is 294 g/mol. The van der Waals surface area contributed by atoms with Crippen LogP contribution in [0.5, 0.6) is 0 Å². The Labute approximate surface area is 134 Å². The summed E-state index contributed by atoms with van der Waals surface area (Å²) in [4.78, 5) is 35.0. The fraction of sp³-hybridized carbons (Fsp3) is 0.438. The fourth-order valence-corrected chi connectivity index (χ4v) is 2.82. The van der Waals surface area contributed by atoms with Gasteiger partial charge in [0.25, 0.3) is 11.5 Å². The van der Waals surface area contributed by atoms with Gasteiger partial charge in [0.15, 0.2) is 0 Å². The molecule has 3 rings (SSSR count). The topological polar surface area (TPSA) is 74.2 Å². The van der Waals surface area contributed by atoms with Crippen molar-refractivity contribution in [2.75, 3.05) is 32.7 Å². The van der Waals surface area contributed by atoms with Crippen molar-refractivity contribution < 1.29 is 4.79 Å². The van der Waals surface area contributed by atoms with Crippen LogP contribution in [0.1, 0.15) is 16.2 Å². The number of amides is 1. The minimum absolute atomic E-state index is 0.183. The summed E-state index contributed by atoms with van der Waals surface area (Å²) in [5, 5.41) is 0. The third-order valence-electron chi connectivity index (χ3n) is 4.29. The molecule has 0 unspecified atom stereocenters. The Hall–Kier alpha value is -2.41. The number of aromatic amines is 1. The molecule has 3 heterocycles. The summed E-state index contributed by atoms with van der Waals surface area (Å²) in [6, 6.07) is 3.26. The average Bonchev–Trinajstić information content (AvgIpc) is 2.98. The molecule has 2 aromatic rings. The zero-order chi connectivity index (χ0) is 16.2. The molecule has 7 heteroatoms. The molecule has 1 amide bonds. The monoisotopic (exact) mass is 315 g/mol. The minimum Gasteiger partial charge on any atom is -0.336 e. The molecule has 7 nitrogen and oxygen atoms in total. The number of hydrogen-bond donors (Lipinski definition) is 1. The molecule has 23 heavy (non-hydrogen) atoms. The van der Waals surface area contributed by atoms with Crippen LogP contribution in [0.4, 0.5) is 0 Å². The minimum atomic E-state index is -0.324. The number of carbonyl (C=O) groups excluding carboxylic acids is 1. The highest BCUT2D eigenvalue weighted by molar-refractivity contribution is 5.93. The maximum absolute atomic E-state index is 12.4. The summed E-state index contributed by atoms with van der Waals surface area (Å²) >= 11 is 0. The van der Waals surface area contributed by atoms with Gasteiger partial charge in [0.05, 0.1) is 0 Å². The second-order valence-corrected chi connectivity index (χ2v) is 5.71. The summed E-state index contributed by atoms with van der Waals surface area (Å²) in [5.74, 6) is 0.832. The van der Waals surface area contributed by atoms with Crippen LogP contribution in [-0.2, 0) is 6.54 Å². The number of aromatic nitrogens is 3. The van der Waals surface area contributed by atoms with Gasteiger partial charge >= 0.3 is 0 Å². The first-order valence-corrected chi connectivity index (χ1v) is 7.82. The van der Waals surface area contributed by atoms with Crippen molar-refractivity contribution in [1.29, 1.82) is 0 Å². The summed E-state index contributed by atoms with van der Waals surface area (Å²) < 4.78 is 2.13. The predicted molar refractivity (Wildman–Crippen MR) is 86.4 cm³/mol. The lowest BCUT2D eigenvalue weighted by atomic mass is 10.2. The molecule has 1 saturated heterocycles. The molecule has 0 aliphatic carbocycles. The van der Waals surface area contributed by atoms with Crippen molar-refractivity contribution in [2.24, 2.45) is 0 Å². The molecule has 2 aromatic heterocycles. The molecule has 0 spiro atoms. The van der Waals surface area contributed by atoms with Gasteiger partial charge in [0.2, 0.25) is 0 Å². The first-order chi connectivity index (χ1) is 11.1. The van der Waals surface area contributed by atoms with E-state index < -0.39 is 0 Å². The summed E-state index contributed by atoms with van der Waals surface area (Å²) in [6.07, 6.45) is 5.33. The first-order valence-electron chi connectivity index (χ1n) is 7.82. The second kappa shape index (κ2) is 6.78. The van der Waals surface area contributed by atoms with E-state index in [1.165, 1.54) is 6.20 Å². The van der Waals surface area contributed by atoms with Crippen LogP contribution < -0.4 is 5.56 Å². The van der Waals surface area contributed by atoms with Gasteiger partial charge in [-0.3, -0.25) is 14.5 Å². The van der Waals surface area contributed by atoms with E-state index >= 15 is 0 Å². The van der Waals surface area contributed by atoms with Crippen LogP contribution in [0.3, 0.4) is 0 Å². The average molecular weight is 315 g/mol. The fourth-order valence-electron chi connectivity index (χ4n) is 2.82. The van der Waals surface area contributed by atoms with Crippen LogP contribution in [0.25, 0.3) is 0 Å². The van der Waals surface area contributed by atoms with Gasteiger partial charge in [-0.05, 0) is 19.1 Å². The Balaban J connectivity index is 1.52. The van der Waals surface area contributed by atoms with E-state index in [-0.39, 0.29) is 17.0 Å². The van der Waals surface area contributed by atoms with Gasteiger partial charge in [0.1, 0.15) is 11.4 Å². The first kappa shape index (κ1) is 15.5. The number of nitrogens with one attached hydrogen (secondary N) is 1. The number of imidazole rings is 1. The number of H-pyrrole nitrogens is 1. The van der Waals surface area contributed by atoms with E-state index in [1.54, 1.807) is 17.0 Å². The Morgan fingerprint density at radius 2 is 2.04 bits per heavy atom. The lowest BCUT2D eigenvalue weighted by molar-refractivity contribution is 0.0631. The second-order valence-electron chi connectivity index (χ2n) is 5.71. The SMILES string of the molecule is Cc1nccn1CCN1CCN(C(=O)c2ccc[nH]c2=O)CC1. The largest absolute Gasteiger partial charge is 0.336 e. The van der Waals surface area contributed by atoms with Gasteiger partial charge in [-0.1, -0.05) is 0 Å². The summed E-state index contributed by atoms with van der Waals surface area (Å²) in [7, 11) is 0. The van der Waals surface area contributed by atoms with Gasteiger partial charge in [-0.25, -0.2) is 4.98 Å². The highest BCUT2D eigenvalue weighted by atomic mass is 16.2. The van der Waals surface area contributed by atoms with Crippen LogP contribution in [0, 0.1) is 6.92 Å². The standard InChI is InChI=1S/C16H21N5O2/c1-13-17-5-6-20(13)10-7-19-8-11-21(12-9-19)16(23)14-3-2-4-18-15(14)22/h2-6H,7-12H2,1H3,(H,18,22).